The minimum absolute atomic E-state index is 0.0736. The normalized spacial score (nSPS) is 26.8. The first-order valence-corrected chi connectivity index (χ1v) is 4.88. The lowest BCUT2D eigenvalue weighted by Gasteiger charge is -2.32. The third kappa shape index (κ3) is 3.63. The predicted molar refractivity (Wildman–Crippen MR) is 52.4 cm³/mol. The molecular weight excluding hydrogens is 166 g/mol. The number of rotatable bonds is 3. The Kier molecular flexibility index (Phi) is 3.54. The van der Waals surface area contributed by atoms with Gasteiger partial charge >= 0.3 is 6.03 Å². The van der Waals surface area contributed by atoms with Gasteiger partial charge in [0.2, 0.25) is 0 Å². The minimum atomic E-state index is -0.0736. The molecule has 0 saturated heterocycles. The second-order valence-electron chi connectivity index (χ2n) is 4.11. The van der Waals surface area contributed by atoms with Crippen molar-refractivity contribution in [2.75, 3.05) is 6.54 Å². The topological polar surface area (TPSA) is 67.2 Å². The Hall–Kier alpha value is -0.770. The van der Waals surface area contributed by atoms with Crippen molar-refractivity contribution in [1.29, 1.82) is 0 Å². The smallest absolute Gasteiger partial charge is 0.314 e. The molecule has 2 amide bonds. The molecule has 0 unspecified atom stereocenters. The van der Waals surface area contributed by atoms with Crippen molar-refractivity contribution in [3.8, 4) is 0 Å². The molecule has 76 valence electrons. The number of hydrogen-bond donors (Lipinski definition) is 3. The van der Waals surface area contributed by atoms with Crippen molar-refractivity contribution >= 4 is 6.03 Å². The van der Waals surface area contributed by atoms with E-state index in [4.69, 9.17) is 5.73 Å². The summed E-state index contributed by atoms with van der Waals surface area (Å²) >= 11 is 0. The molecule has 1 aliphatic carbocycles. The minimum Gasteiger partial charge on any atom is -0.338 e. The molecule has 1 fully saturated rings. The number of amides is 2. The Labute approximate surface area is 79.3 Å². The molecule has 0 bridgehead atoms. The van der Waals surface area contributed by atoms with Crippen molar-refractivity contribution < 1.29 is 4.79 Å². The highest BCUT2D eigenvalue weighted by Crippen LogP contribution is 2.24. The summed E-state index contributed by atoms with van der Waals surface area (Å²) in [6.45, 7) is 4.64. The maximum atomic E-state index is 11.1. The van der Waals surface area contributed by atoms with E-state index in [2.05, 4.69) is 10.6 Å². The molecule has 4 heteroatoms. The van der Waals surface area contributed by atoms with Crippen LogP contribution < -0.4 is 16.4 Å². The van der Waals surface area contributed by atoms with E-state index in [1.807, 2.05) is 13.8 Å². The lowest BCUT2D eigenvalue weighted by Crippen LogP contribution is -2.46. The summed E-state index contributed by atoms with van der Waals surface area (Å²) in [7, 11) is 0. The molecule has 13 heavy (non-hydrogen) atoms. The van der Waals surface area contributed by atoms with Gasteiger partial charge in [0, 0.05) is 18.6 Å². The molecular formula is C9H19N3O. The highest BCUT2D eigenvalue weighted by Gasteiger charge is 2.25. The van der Waals surface area contributed by atoms with Crippen LogP contribution in [0.2, 0.25) is 0 Å². The van der Waals surface area contributed by atoms with E-state index in [0.717, 1.165) is 19.4 Å². The van der Waals surface area contributed by atoms with Crippen LogP contribution in [0.3, 0.4) is 0 Å². The first-order chi connectivity index (χ1) is 6.08. The summed E-state index contributed by atoms with van der Waals surface area (Å²) < 4.78 is 0. The van der Waals surface area contributed by atoms with Gasteiger partial charge in [0.1, 0.15) is 0 Å². The predicted octanol–water partition coefficient (Wildman–Crippen LogP) is 0.431. The summed E-state index contributed by atoms with van der Waals surface area (Å²) in [4.78, 5) is 11.1. The molecule has 0 aliphatic heterocycles. The molecule has 1 saturated carbocycles. The lowest BCUT2D eigenvalue weighted by atomic mass is 9.81. The van der Waals surface area contributed by atoms with Crippen LogP contribution in [0.15, 0.2) is 0 Å². The summed E-state index contributed by atoms with van der Waals surface area (Å²) in [5.41, 5.74) is 5.63. The number of hydrogen-bond acceptors (Lipinski definition) is 2. The highest BCUT2D eigenvalue weighted by molar-refractivity contribution is 5.74. The van der Waals surface area contributed by atoms with Gasteiger partial charge in [-0.05, 0) is 32.6 Å². The van der Waals surface area contributed by atoms with Crippen molar-refractivity contribution in [2.24, 2.45) is 11.7 Å². The molecule has 0 aromatic carbocycles. The van der Waals surface area contributed by atoms with Crippen molar-refractivity contribution in [3.63, 3.8) is 0 Å². The van der Waals surface area contributed by atoms with Crippen LogP contribution in [0.5, 0.6) is 0 Å². The van der Waals surface area contributed by atoms with E-state index in [9.17, 15) is 4.79 Å². The number of nitrogens with two attached hydrogens (primary N) is 1. The molecule has 1 aliphatic rings. The number of carbonyl (C=O) groups is 1. The van der Waals surface area contributed by atoms with Crippen LogP contribution in [-0.2, 0) is 0 Å². The van der Waals surface area contributed by atoms with Crippen LogP contribution in [0.1, 0.15) is 26.7 Å². The summed E-state index contributed by atoms with van der Waals surface area (Å²) in [5.74, 6) is 0.591. The van der Waals surface area contributed by atoms with Crippen LogP contribution in [0, 0.1) is 5.92 Å². The number of carbonyl (C=O) groups excluding carboxylic acids is 1. The van der Waals surface area contributed by atoms with Crippen molar-refractivity contribution in [2.45, 2.75) is 38.8 Å². The van der Waals surface area contributed by atoms with E-state index in [-0.39, 0.29) is 12.1 Å². The fraction of sp³-hybridized carbons (Fsp3) is 0.889. The van der Waals surface area contributed by atoms with Crippen LogP contribution in [0.25, 0.3) is 0 Å². The van der Waals surface area contributed by atoms with Gasteiger partial charge in [0.15, 0.2) is 0 Å². The van der Waals surface area contributed by atoms with E-state index in [0.29, 0.717) is 12.0 Å². The zero-order valence-electron chi connectivity index (χ0n) is 8.34. The van der Waals surface area contributed by atoms with Gasteiger partial charge in [-0.3, -0.25) is 0 Å². The van der Waals surface area contributed by atoms with Gasteiger partial charge < -0.3 is 16.4 Å². The zero-order valence-corrected chi connectivity index (χ0v) is 8.34. The molecule has 4 nitrogen and oxygen atoms in total. The zero-order chi connectivity index (χ0) is 9.84. The van der Waals surface area contributed by atoms with E-state index < -0.39 is 0 Å². The van der Waals surface area contributed by atoms with Crippen molar-refractivity contribution in [1.82, 2.24) is 10.6 Å². The van der Waals surface area contributed by atoms with Crippen molar-refractivity contribution in [3.05, 3.63) is 0 Å². The average molecular weight is 185 g/mol. The van der Waals surface area contributed by atoms with E-state index in [1.165, 1.54) is 0 Å². The fourth-order valence-electron chi connectivity index (χ4n) is 1.50. The van der Waals surface area contributed by atoms with Crippen LogP contribution >= 0.6 is 0 Å². The number of nitrogens with one attached hydrogen (secondary N) is 2. The standard InChI is InChI=1S/C9H19N3O/c1-6(2)12-9(13)11-5-7-3-8(10)4-7/h6-8H,3-5,10H2,1-2H3,(H2,11,12,13). The third-order valence-electron chi connectivity index (χ3n) is 2.24. The summed E-state index contributed by atoms with van der Waals surface area (Å²) in [5, 5.41) is 5.61. The molecule has 0 spiro atoms. The Morgan fingerprint density at radius 1 is 1.54 bits per heavy atom. The molecule has 0 aromatic rings. The quantitative estimate of drug-likeness (QED) is 0.597. The maximum Gasteiger partial charge on any atom is 0.314 e. The van der Waals surface area contributed by atoms with Crippen LogP contribution in [-0.4, -0.2) is 24.7 Å². The molecule has 0 heterocycles. The van der Waals surface area contributed by atoms with Gasteiger partial charge in [-0.2, -0.15) is 0 Å². The summed E-state index contributed by atoms with van der Waals surface area (Å²) in [6.07, 6.45) is 2.09. The second-order valence-corrected chi connectivity index (χ2v) is 4.11. The molecule has 0 radical (unpaired) electrons. The third-order valence-corrected chi connectivity index (χ3v) is 2.24. The molecule has 1 rings (SSSR count). The molecule has 0 atom stereocenters. The number of urea groups is 1. The monoisotopic (exact) mass is 185 g/mol. The van der Waals surface area contributed by atoms with Gasteiger partial charge in [-0.1, -0.05) is 0 Å². The fourth-order valence-corrected chi connectivity index (χ4v) is 1.50. The van der Waals surface area contributed by atoms with E-state index in [1.54, 1.807) is 0 Å². The molecule has 4 N–H and O–H groups in total. The maximum absolute atomic E-state index is 11.1. The van der Waals surface area contributed by atoms with Gasteiger partial charge in [-0.15, -0.1) is 0 Å². The Morgan fingerprint density at radius 3 is 2.62 bits per heavy atom. The summed E-state index contributed by atoms with van der Waals surface area (Å²) in [6, 6.07) is 0.485. The Bertz CT molecular complexity index is 176. The Balaban J connectivity index is 2.02. The average Bonchev–Trinajstić information content (AvgIpc) is 1.94. The first kappa shape index (κ1) is 10.3. The van der Waals surface area contributed by atoms with E-state index >= 15 is 0 Å². The second kappa shape index (κ2) is 4.46. The van der Waals surface area contributed by atoms with Crippen LogP contribution in [0.4, 0.5) is 4.79 Å². The van der Waals surface area contributed by atoms with Gasteiger partial charge in [-0.25, -0.2) is 4.79 Å². The largest absolute Gasteiger partial charge is 0.338 e. The highest BCUT2D eigenvalue weighted by atomic mass is 16.2. The lowest BCUT2D eigenvalue weighted by molar-refractivity contribution is 0.223. The Morgan fingerprint density at radius 2 is 2.15 bits per heavy atom. The van der Waals surface area contributed by atoms with Gasteiger partial charge in [0.05, 0.1) is 0 Å². The SMILES string of the molecule is CC(C)NC(=O)NCC1CC(N)C1. The van der Waals surface area contributed by atoms with Gasteiger partial charge in [0.25, 0.3) is 0 Å². The molecule has 0 aromatic heterocycles. The first-order valence-electron chi connectivity index (χ1n) is 4.88.